The minimum atomic E-state index is 0.265. The van der Waals surface area contributed by atoms with Crippen LogP contribution in [0.3, 0.4) is 0 Å². The number of hydrogen-bond donors (Lipinski definition) is 0. The summed E-state index contributed by atoms with van der Waals surface area (Å²) >= 11 is 5.92. The van der Waals surface area contributed by atoms with Gasteiger partial charge in [0.05, 0.1) is 11.3 Å². The van der Waals surface area contributed by atoms with Crippen LogP contribution in [0.5, 0.6) is 0 Å². The number of halogens is 1. The van der Waals surface area contributed by atoms with Crippen LogP contribution in [-0.2, 0) is 4.79 Å². The lowest BCUT2D eigenvalue weighted by Crippen LogP contribution is -2.51. The Kier molecular flexibility index (Phi) is 3.08. The molecule has 0 aromatic heterocycles. The number of benzene rings is 1. The molecule has 2 aliphatic heterocycles. The molecule has 0 bridgehead atoms. The Morgan fingerprint density at radius 2 is 2.21 bits per heavy atom. The van der Waals surface area contributed by atoms with Crippen molar-refractivity contribution in [3.63, 3.8) is 0 Å². The third-order valence-corrected chi connectivity index (χ3v) is 4.15. The van der Waals surface area contributed by atoms with Crippen molar-refractivity contribution >= 4 is 23.2 Å². The Morgan fingerprint density at radius 1 is 1.37 bits per heavy atom. The van der Waals surface area contributed by atoms with Gasteiger partial charge in [-0.05, 0) is 24.6 Å². The van der Waals surface area contributed by atoms with Gasteiger partial charge in [0.15, 0.2) is 0 Å². The molecule has 1 amide bonds. The summed E-state index contributed by atoms with van der Waals surface area (Å²) < 4.78 is 0. The fourth-order valence-corrected chi connectivity index (χ4v) is 3.13. The van der Waals surface area contributed by atoms with Crippen LogP contribution in [0.2, 0.25) is 5.02 Å². The van der Waals surface area contributed by atoms with Crippen LogP contribution in [0.25, 0.3) is 0 Å². The first-order chi connectivity index (χ1) is 9.19. The molecule has 0 aliphatic carbocycles. The van der Waals surface area contributed by atoms with Crippen molar-refractivity contribution in [2.24, 2.45) is 0 Å². The highest BCUT2D eigenvalue weighted by Gasteiger charge is 2.35. The highest BCUT2D eigenvalue weighted by atomic mass is 35.5. The zero-order valence-corrected chi connectivity index (χ0v) is 11.2. The van der Waals surface area contributed by atoms with Crippen LogP contribution in [0, 0.1) is 11.3 Å². The lowest BCUT2D eigenvalue weighted by atomic mass is 10.1. The summed E-state index contributed by atoms with van der Waals surface area (Å²) in [5, 5.41) is 9.78. The molecule has 1 aromatic rings. The van der Waals surface area contributed by atoms with Gasteiger partial charge in [-0.3, -0.25) is 4.79 Å². The fraction of sp³-hybridized carbons (Fsp3) is 0.429. The second-order valence-electron chi connectivity index (χ2n) is 5.00. The van der Waals surface area contributed by atoms with Crippen molar-refractivity contribution in [1.29, 1.82) is 5.26 Å². The largest absolute Gasteiger partial charge is 0.367 e. The summed E-state index contributed by atoms with van der Waals surface area (Å²) in [6, 6.07) is 7.89. The van der Waals surface area contributed by atoms with E-state index in [1.807, 2.05) is 17.0 Å². The smallest absolute Gasteiger partial charge is 0.223 e. The van der Waals surface area contributed by atoms with Crippen LogP contribution >= 0.6 is 11.6 Å². The van der Waals surface area contributed by atoms with Crippen molar-refractivity contribution in [3.8, 4) is 6.07 Å². The van der Waals surface area contributed by atoms with Gasteiger partial charge in [-0.2, -0.15) is 5.26 Å². The van der Waals surface area contributed by atoms with Gasteiger partial charge in [0.2, 0.25) is 5.91 Å². The van der Waals surface area contributed by atoms with Crippen LogP contribution in [0.1, 0.15) is 18.4 Å². The Labute approximate surface area is 117 Å². The first-order valence-corrected chi connectivity index (χ1v) is 6.81. The third-order valence-electron chi connectivity index (χ3n) is 3.91. The molecule has 98 valence electrons. The first-order valence-electron chi connectivity index (χ1n) is 6.43. The van der Waals surface area contributed by atoms with Crippen molar-refractivity contribution in [2.75, 3.05) is 24.5 Å². The first kappa shape index (κ1) is 12.3. The summed E-state index contributed by atoms with van der Waals surface area (Å²) in [6.07, 6.45) is 1.58. The van der Waals surface area contributed by atoms with Crippen LogP contribution in [0.4, 0.5) is 5.69 Å². The van der Waals surface area contributed by atoms with Crippen LogP contribution in [0.15, 0.2) is 18.2 Å². The van der Waals surface area contributed by atoms with E-state index in [0.717, 1.165) is 31.7 Å². The molecule has 2 heterocycles. The van der Waals surface area contributed by atoms with E-state index < -0.39 is 0 Å². The second kappa shape index (κ2) is 4.75. The molecule has 19 heavy (non-hydrogen) atoms. The predicted molar refractivity (Wildman–Crippen MR) is 73.1 cm³/mol. The molecule has 4 nitrogen and oxygen atoms in total. The van der Waals surface area contributed by atoms with E-state index in [4.69, 9.17) is 11.6 Å². The molecular weight excluding hydrogens is 262 g/mol. The summed E-state index contributed by atoms with van der Waals surface area (Å²) in [5.74, 6) is 0.265. The molecular formula is C14H14ClN3O. The Morgan fingerprint density at radius 3 is 3.00 bits per heavy atom. The summed E-state index contributed by atoms with van der Waals surface area (Å²) in [6.45, 7) is 2.33. The average Bonchev–Trinajstić information content (AvgIpc) is 2.79. The third kappa shape index (κ3) is 2.15. The van der Waals surface area contributed by atoms with E-state index in [0.29, 0.717) is 23.0 Å². The molecule has 0 N–H and O–H groups in total. The minimum Gasteiger partial charge on any atom is -0.367 e. The van der Waals surface area contributed by atoms with Crippen molar-refractivity contribution in [1.82, 2.24) is 4.90 Å². The van der Waals surface area contributed by atoms with Crippen LogP contribution < -0.4 is 4.90 Å². The lowest BCUT2D eigenvalue weighted by Gasteiger charge is -2.39. The van der Waals surface area contributed by atoms with Gasteiger partial charge < -0.3 is 9.80 Å². The lowest BCUT2D eigenvalue weighted by molar-refractivity contribution is -0.129. The maximum Gasteiger partial charge on any atom is 0.223 e. The molecule has 3 rings (SSSR count). The normalized spacial score (nSPS) is 22.3. The quantitative estimate of drug-likeness (QED) is 0.788. The van der Waals surface area contributed by atoms with Gasteiger partial charge in [-0.25, -0.2) is 0 Å². The predicted octanol–water partition coefficient (Wildman–Crippen LogP) is 2.02. The summed E-state index contributed by atoms with van der Waals surface area (Å²) in [4.78, 5) is 15.8. The Bertz CT molecular complexity index is 566. The van der Waals surface area contributed by atoms with E-state index in [1.165, 1.54) is 0 Å². The van der Waals surface area contributed by atoms with E-state index in [1.54, 1.807) is 6.07 Å². The standard InChI is InChI=1S/C14H14ClN3O/c15-11-1-3-13(10(7-11)8-16)17-5-6-18-12(9-17)2-4-14(18)19/h1,3,7,12H,2,4-6,9H2. The van der Waals surface area contributed by atoms with E-state index in [-0.39, 0.29) is 5.91 Å². The molecule has 1 aromatic carbocycles. The Hall–Kier alpha value is -1.73. The zero-order valence-electron chi connectivity index (χ0n) is 10.5. The fourth-order valence-electron chi connectivity index (χ4n) is 2.96. The number of amides is 1. The molecule has 5 heteroatoms. The van der Waals surface area contributed by atoms with Crippen molar-refractivity contribution in [2.45, 2.75) is 18.9 Å². The van der Waals surface area contributed by atoms with Crippen LogP contribution in [-0.4, -0.2) is 36.5 Å². The number of rotatable bonds is 1. The monoisotopic (exact) mass is 275 g/mol. The average molecular weight is 276 g/mol. The van der Waals surface area contributed by atoms with Gasteiger partial charge in [0.25, 0.3) is 0 Å². The molecule has 0 spiro atoms. The van der Waals surface area contributed by atoms with Gasteiger partial charge in [-0.1, -0.05) is 11.6 Å². The maximum atomic E-state index is 11.7. The highest BCUT2D eigenvalue weighted by molar-refractivity contribution is 6.30. The van der Waals surface area contributed by atoms with E-state index >= 15 is 0 Å². The Balaban J connectivity index is 1.85. The number of fused-ring (bicyclic) bond motifs is 1. The molecule has 0 radical (unpaired) electrons. The number of carbonyl (C=O) groups excluding carboxylic acids is 1. The summed E-state index contributed by atoms with van der Waals surface area (Å²) in [7, 11) is 0. The van der Waals surface area contributed by atoms with E-state index in [2.05, 4.69) is 11.0 Å². The number of anilines is 1. The second-order valence-corrected chi connectivity index (χ2v) is 5.44. The highest BCUT2D eigenvalue weighted by Crippen LogP contribution is 2.29. The number of carbonyl (C=O) groups is 1. The zero-order chi connectivity index (χ0) is 13.4. The van der Waals surface area contributed by atoms with Crippen molar-refractivity contribution < 1.29 is 4.79 Å². The van der Waals surface area contributed by atoms with Crippen molar-refractivity contribution in [3.05, 3.63) is 28.8 Å². The van der Waals surface area contributed by atoms with Gasteiger partial charge in [-0.15, -0.1) is 0 Å². The molecule has 1 atom stereocenters. The topological polar surface area (TPSA) is 47.3 Å². The van der Waals surface area contributed by atoms with Gasteiger partial charge in [0, 0.05) is 37.1 Å². The van der Waals surface area contributed by atoms with Gasteiger partial charge in [0.1, 0.15) is 6.07 Å². The molecule has 2 aliphatic rings. The molecule has 2 saturated heterocycles. The minimum absolute atomic E-state index is 0.265. The number of nitrogens with zero attached hydrogens (tertiary/aromatic N) is 3. The number of hydrogen-bond acceptors (Lipinski definition) is 3. The van der Waals surface area contributed by atoms with Gasteiger partial charge >= 0.3 is 0 Å². The maximum absolute atomic E-state index is 11.7. The van der Waals surface area contributed by atoms with E-state index in [9.17, 15) is 10.1 Å². The molecule has 0 saturated carbocycles. The SMILES string of the molecule is N#Cc1cc(Cl)ccc1N1CCN2C(=O)CCC2C1. The number of piperazine rings is 1. The molecule has 2 fully saturated rings. The molecule has 1 unspecified atom stereocenters. The number of nitriles is 1. The summed E-state index contributed by atoms with van der Waals surface area (Å²) in [5.41, 5.74) is 1.52.